The molecule has 0 N–H and O–H groups in total. The normalized spacial score (nSPS) is 12.9. The van der Waals surface area contributed by atoms with Gasteiger partial charge in [0, 0.05) is 25.0 Å². The molecule has 3 heterocycles. The molecule has 6 nitrogen and oxygen atoms in total. The zero-order chi connectivity index (χ0) is 20.6. The van der Waals surface area contributed by atoms with Crippen LogP contribution in [-0.2, 0) is 7.05 Å². The highest BCUT2D eigenvalue weighted by Crippen LogP contribution is 2.38. The fraction of sp³-hybridized carbons (Fsp3) is 0.158. The maximum atomic E-state index is 13.7. The van der Waals surface area contributed by atoms with Gasteiger partial charge in [0.25, 0.3) is 5.88 Å². The van der Waals surface area contributed by atoms with Crippen molar-refractivity contribution < 1.29 is 17.9 Å². The van der Waals surface area contributed by atoms with Crippen LogP contribution in [0.3, 0.4) is 0 Å². The van der Waals surface area contributed by atoms with Crippen molar-refractivity contribution in [3.8, 4) is 17.3 Å². The van der Waals surface area contributed by atoms with Gasteiger partial charge in [-0.2, -0.15) is 18.3 Å². The van der Waals surface area contributed by atoms with Crippen molar-refractivity contribution in [1.82, 2.24) is 24.7 Å². The predicted molar refractivity (Wildman–Crippen MR) is 100 cm³/mol. The summed E-state index contributed by atoms with van der Waals surface area (Å²) >= 11 is 6.00. The van der Waals surface area contributed by atoms with Crippen molar-refractivity contribution in [2.45, 2.75) is 12.3 Å². The molecule has 1 aromatic carbocycles. The molecule has 1 atom stereocenters. The summed E-state index contributed by atoms with van der Waals surface area (Å²) in [4.78, 5) is 12.2. The number of hydrogen-bond acceptors (Lipinski definition) is 5. The number of rotatable bonds is 4. The Balaban J connectivity index is 1.69. The minimum absolute atomic E-state index is 0.186. The molecule has 0 aliphatic heterocycles. The van der Waals surface area contributed by atoms with E-state index in [9.17, 15) is 13.2 Å². The maximum Gasteiger partial charge on any atom is 0.429 e. The summed E-state index contributed by atoms with van der Waals surface area (Å²) in [6.45, 7) is 0. The van der Waals surface area contributed by atoms with Crippen molar-refractivity contribution in [1.29, 1.82) is 0 Å². The average molecular weight is 420 g/mol. The van der Waals surface area contributed by atoms with E-state index in [4.69, 9.17) is 16.3 Å². The Bertz CT molecular complexity index is 1160. The second-order valence-corrected chi connectivity index (χ2v) is 6.52. The second kappa shape index (κ2) is 7.32. The Morgan fingerprint density at radius 1 is 1.03 bits per heavy atom. The lowest BCUT2D eigenvalue weighted by molar-refractivity contribution is -0.198. The lowest BCUT2D eigenvalue weighted by atomic mass is 10.1. The van der Waals surface area contributed by atoms with Gasteiger partial charge in [0.1, 0.15) is 0 Å². The first-order chi connectivity index (χ1) is 13.8. The van der Waals surface area contributed by atoms with Gasteiger partial charge < -0.3 is 4.74 Å². The molecule has 4 rings (SSSR count). The molecule has 0 saturated heterocycles. The number of halogens is 4. The Morgan fingerprint density at radius 3 is 2.34 bits per heavy atom. The molecule has 1 unspecified atom stereocenters. The van der Waals surface area contributed by atoms with E-state index >= 15 is 0 Å². The van der Waals surface area contributed by atoms with Crippen LogP contribution in [0.15, 0.2) is 54.9 Å². The highest BCUT2D eigenvalue weighted by atomic mass is 35.5. The third kappa shape index (κ3) is 3.86. The van der Waals surface area contributed by atoms with Crippen LogP contribution < -0.4 is 4.74 Å². The van der Waals surface area contributed by atoms with Gasteiger partial charge >= 0.3 is 6.18 Å². The fourth-order valence-corrected chi connectivity index (χ4v) is 2.99. The van der Waals surface area contributed by atoms with Crippen LogP contribution in [0.2, 0.25) is 5.15 Å². The van der Waals surface area contributed by atoms with Crippen LogP contribution in [-0.4, -0.2) is 30.9 Å². The molecular weight excluding hydrogens is 407 g/mol. The summed E-state index contributed by atoms with van der Waals surface area (Å²) in [6.07, 6.45) is -4.33. The molecule has 3 aromatic heterocycles. The standard InChI is InChI=1S/C19H13ClF3N5O/c1-28-15(8-9-25-28)14-7-6-11(10-24-14)16(19(21,22)23)29-18-17(20)26-12-4-2-3-5-13(12)27-18/h2-10,16H,1H3. The fourth-order valence-electron chi connectivity index (χ4n) is 2.81. The van der Waals surface area contributed by atoms with Gasteiger partial charge in [0.15, 0.2) is 5.15 Å². The van der Waals surface area contributed by atoms with Crippen LogP contribution in [0, 0.1) is 0 Å². The van der Waals surface area contributed by atoms with Gasteiger partial charge in [-0.15, -0.1) is 0 Å². The molecule has 0 radical (unpaired) electrons. The Kier molecular flexibility index (Phi) is 4.83. The topological polar surface area (TPSA) is 65.7 Å². The van der Waals surface area contributed by atoms with Crippen molar-refractivity contribution in [2.24, 2.45) is 7.05 Å². The molecule has 0 aliphatic rings. The number of fused-ring (bicyclic) bond motifs is 1. The first-order valence-corrected chi connectivity index (χ1v) is 8.81. The molecule has 0 aliphatic carbocycles. The number of aryl methyl sites for hydroxylation is 1. The summed E-state index contributed by atoms with van der Waals surface area (Å²) in [5, 5.41) is 3.77. The quantitative estimate of drug-likeness (QED) is 0.477. The summed E-state index contributed by atoms with van der Waals surface area (Å²) in [5.74, 6) is -0.400. The second-order valence-electron chi connectivity index (χ2n) is 6.16. The maximum absolute atomic E-state index is 13.7. The molecule has 0 spiro atoms. The minimum Gasteiger partial charge on any atom is -0.457 e. The Morgan fingerprint density at radius 2 is 1.76 bits per heavy atom. The van der Waals surface area contributed by atoms with E-state index in [0.717, 1.165) is 6.20 Å². The smallest absolute Gasteiger partial charge is 0.429 e. The molecule has 4 aromatic rings. The third-order valence-corrected chi connectivity index (χ3v) is 4.44. The zero-order valence-corrected chi connectivity index (χ0v) is 15.7. The van der Waals surface area contributed by atoms with E-state index in [0.29, 0.717) is 22.4 Å². The summed E-state index contributed by atoms with van der Waals surface area (Å²) < 4.78 is 47.9. The highest BCUT2D eigenvalue weighted by molar-refractivity contribution is 6.31. The van der Waals surface area contributed by atoms with E-state index < -0.39 is 18.2 Å². The van der Waals surface area contributed by atoms with Crippen molar-refractivity contribution in [3.63, 3.8) is 0 Å². The number of ether oxygens (including phenoxy) is 1. The molecule has 148 valence electrons. The zero-order valence-electron chi connectivity index (χ0n) is 14.9. The SMILES string of the molecule is Cn1nccc1-c1ccc(C(Oc2nc3ccccc3nc2Cl)C(F)(F)F)cn1. The largest absolute Gasteiger partial charge is 0.457 e. The first-order valence-electron chi connectivity index (χ1n) is 8.43. The van der Waals surface area contributed by atoms with Gasteiger partial charge in [-0.05, 0) is 24.3 Å². The molecule has 0 saturated carbocycles. The molecule has 29 heavy (non-hydrogen) atoms. The molecule has 0 amide bonds. The van der Waals surface area contributed by atoms with Crippen LogP contribution in [0.4, 0.5) is 13.2 Å². The van der Waals surface area contributed by atoms with Crippen molar-refractivity contribution >= 4 is 22.6 Å². The monoisotopic (exact) mass is 419 g/mol. The Labute approximate surface area is 168 Å². The van der Waals surface area contributed by atoms with E-state index in [-0.39, 0.29) is 10.7 Å². The number of nitrogens with zero attached hydrogens (tertiary/aromatic N) is 5. The average Bonchev–Trinajstić information content (AvgIpc) is 3.11. The van der Waals surface area contributed by atoms with Gasteiger partial charge in [0.2, 0.25) is 6.10 Å². The first kappa shape index (κ1) is 19.1. The van der Waals surface area contributed by atoms with Crippen molar-refractivity contribution in [2.75, 3.05) is 0 Å². The minimum atomic E-state index is -4.72. The van der Waals surface area contributed by atoms with E-state index in [1.54, 1.807) is 48.3 Å². The summed E-state index contributed by atoms with van der Waals surface area (Å²) in [7, 11) is 1.72. The van der Waals surface area contributed by atoms with E-state index in [2.05, 4.69) is 20.1 Å². The van der Waals surface area contributed by atoms with E-state index in [1.165, 1.54) is 12.1 Å². The Hall–Kier alpha value is -3.20. The number of aromatic nitrogens is 5. The van der Waals surface area contributed by atoms with Gasteiger partial charge in [0.05, 0.1) is 22.4 Å². The lowest BCUT2D eigenvalue weighted by Crippen LogP contribution is -2.26. The molecule has 0 fully saturated rings. The third-order valence-electron chi connectivity index (χ3n) is 4.20. The van der Waals surface area contributed by atoms with Gasteiger partial charge in [-0.3, -0.25) is 9.67 Å². The van der Waals surface area contributed by atoms with Crippen molar-refractivity contribution in [3.05, 3.63) is 65.6 Å². The number of benzene rings is 1. The van der Waals surface area contributed by atoms with E-state index in [1.807, 2.05) is 0 Å². The van der Waals surface area contributed by atoms with Crippen LogP contribution in [0.25, 0.3) is 22.4 Å². The molecular formula is C19H13ClF3N5O. The molecule has 10 heteroatoms. The summed E-state index contributed by atoms with van der Waals surface area (Å²) in [5.41, 5.74) is 1.80. The van der Waals surface area contributed by atoms with Crippen LogP contribution >= 0.6 is 11.6 Å². The van der Waals surface area contributed by atoms with Gasteiger partial charge in [-0.1, -0.05) is 29.8 Å². The highest BCUT2D eigenvalue weighted by Gasteiger charge is 2.44. The molecule has 0 bridgehead atoms. The number of alkyl halides is 3. The van der Waals surface area contributed by atoms with Crippen LogP contribution in [0.5, 0.6) is 5.88 Å². The number of para-hydroxylation sites is 2. The predicted octanol–water partition coefficient (Wildman–Crippen LogP) is 4.76. The number of pyridine rings is 1. The number of hydrogen-bond donors (Lipinski definition) is 0. The lowest BCUT2D eigenvalue weighted by Gasteiger charge is -2.22. The summed E-state index contributed by atoms with van der Waals surface area (Å²) in [6, 6.07) is 11.2. The van der Waals surface area contributed by atoms with Crippen LogP contribution in [0.1, 0.15) is 11.7 Å². The van der Waals surface area contributed by atoms with Gasteiger partial charge in [-0.25, -0.2) is 9.97 Å².